The van der Waals surface area contributed by atoms with Gasteiger partial charge in [-0.2, -0.15) is 4.31 Å². The van der Waals surface area contributed by atoms with Gasteiger partial charge in [-0.3, -0.25) is 9.59 Å². The Labute approximate surface area is 199 Å². The second-order valence-electron chi connectivity index (χ2n) is 8.76. The van der Waals surface area contributed by atoms with Crippen molar-refractivity contribution in [3.05, 3.63) is 65.4 Å². The van der Waals surface area contributed by atoms with Crippen molar-refractivity contribution in [2.24, 2.45) is 0 Å². The number of nitrogens with one attached hydrogen (secondary N) is 3. The highest BCUT2D eigenvalue weighted by atomic mass is 32.2. The van der Waals surface area contributed by atoms with Crippen LogP contribution in [0.25, 0.3) is 10.9 Å². The number of hydrogen-bond donors (Lipinski definition) is 3. The Morgan fingerprint density at radius 2 is 1.85 bits per heavy atom. The van der Waals surface area contributed by atoms with Gasteiger partial charge in [0.15, 0.2) is 0 Å². The number of aryl methyl sites for hydroxylation is 2. The van der Waals surface area contributed by atoms with Gasteiger partial charge in [0.1, 0.15) is 0 Å². The number of H-pyrrole nitrogens is 1. The van der Waals surface area contributed by atoms with Crippen LogP contribution in [-0.4, -0.2) is 55.2 Å². The first kappa shape index (κ1) is 24.0. The molecule has 1 aromatic heterocycles. The van der Waals surface area contributed by atoms with Gasteiger partial charge in [0.25, 0.3) is 0 Å². The van der Waals surface area contributed by atoms with Crippen LogP contribution in [-0.2, 0) is 26.0 Å². The maximum atomic E-state index is 13.3. The molecule has 1 saturated heterocycles. The molecule has 0 radical (unpaired) electrons. The Balaban J connectivity index is 1.31. The summed E-state index contributed by atoms with van der Waals surface area (Å²) in [7, 11) is -3.69. The molecule has 0 aliphatic carbocycles. The van der Waals surface area contributed by atoms with Gasteiger partial charge >= 0.3 is 11.8 Å². The number of rotatable bonds is 7. The highest BCUT2D eigenvalue weighted by Gasteiger charge is 2.36. The van der Waals surface area contributed by atoms with Gasteiger partial charge in [0.05, 0.1) is 4.90 Å². The van der Waals surface area contributed by atoms with E-state index in [1.54, 1.807) is 19.1 Å². The summed E-state index contributed by atoms with van der Waals surface area (Å²) in [6.45, 7) is 4.45. The Kier molecular flexibility index (Phi) is 7.04. The first-order valence-corrected chi connectivity index (χ1v) is 12.9. The summed E-state index contributed by atoms with van der Waals surface area (Å²) in [6, 6.07) is 12.9. The molecular formula is C25H30N4O4S. The summed E-state index contributed by atoms with van der Waals surface area (Å²) in [5, 5.41) is 6.35. The first-order valence-electron chi connectivity index (χ1n) is 11.5. The standard InChI is InChI=1S/C25H30N4O4S/c1-17-9-10-18(2)23(14-17)34(32,33)29-13-5-6-20(29)16-28-25(31)24(30)26-12-11-19-15-27-22-8-4-3-7-21(19)22/h3-4,7-10,14-15,20,27H,5-6,11-13,16H2,1-2H3,(H,26,30)(H,28,31). The molecule has 2 heterocycles. The fraction of sp³-hybridized carbons (Fsp3) is 0.360. The number of aromatic nitrogens is 1. The van der Waals surface area contributed by atoms with Crippen molar-refractivity contribution in [1.82, 2.24) is 19.9 Å². The molecule has 3 N–H and O–H groups in total. The quantitative estimate of drug-likeness (QED) is 0.449. The van der Waals surface area contributed by atoms with Crippen molar-refractivity contribution < 1.29 is 18.0 Å². The van der Waals surface area contributed by atoms with Gasteiger partial charge in [0, 0.05) is 42.8 Å². The van der Waals surface area contributed by atoms with E-state index in [9.17, 15) is 18.0 Å². The number of carbonyl (C=O) groups is 2. The van der Waals surface area contributed by atoms with Gasteiger partial charge in [0.2, 0.25) is 10.0 Å². The molecule has 1 aliphatic heterocycles. The summed E-state index contributed by atoms with van der Waals surface area (Å²) < 4.78 is 28.0. The highest BCUT2D eigenvalue weighted by molar-refractivity contribution is 7.89. The summed E-state index contributed by atoms with van der Waals surface area (Å²) in [4.78, 5) is 28.1. The number of amides is 2. The molecule has 1 atom stereocenters. The molecule has 1 fully saturated rings. The van der Waals surface area contributed by atoms with Gasteiger partial charge in [-0.05, 0) is 61.9 Å². The number of sulfonamides is 1. The van der Waals surface area contributed by atoms with E-state index in [2.05, 4.69) is 15.6 Å². The van der Waals surface area contributed by atoms with Gasteiger partial charge in [-0.25, -0.2) is 8.42 Å². The van der Waals surface area contributed by atoms with E-state index in [4.69, 9.17) is 0 Å². The van der Waals surface area contributed by atoms with E-state index in [1.165, 1.54) is 4.31 Å². The van der Waals surface area contributed by atoms with Crippen molar-refractivity contribution in [3.8, 4) is 0 Å². The second kappa shape index (κ2) is 9.99. The number of aromatic amines is 1. The van der Waals surface area contributed by atoms with Crippen molar-refractivity contribution in [2.45, 2.75) is 44.0 Å². The zero-order valence-corrected chi connectivity index (χ0v) is 20.2. The molecule has 4 rings (SSSR count). The molecule has 0 bridgehead atoms. The summed E-state index contributed by atoms with van der Waals surface area (Å²) in [5.74, 6) is -1.48. The lowest BCUT2D eigenvalue weighted by Crippen LogP contribution is -2.47. The molecule has 9 heteroatoms. The predicted octanol–water partition coefficient (Wildman–Crippen LogP) is 2.41. The minimum absolute atomic E-state index is 0.0960. The Hall–Kier alpha value is -3.17. The molecule has 34 heavy (non-hydrogen) atoms. The van der Waals surface area contributed by atoms with Crippen LogP contribution in [0.4, 0.5) is 0 Å². The Morgan fingerprint density at radius 3 is 2.68 bits per heavy atom. The smallest absolute Gasteiger partial charge is 0.309 e. The molecular weight excluding hydrogens is 452 g/mol. The van der Waals surface area contributed by atoms with E-state index in [1.807, 2.05) is 43.5 Å². The van der Waals surface area contributed by atoms with Crippen molar-refractivity contribution in [2.75, 3.05) is 19.6 Å². The molecule has 0 spiro atoms. The molecule has 2 amide bonds. The molecule has 2 aromatic carbocycles. The number of hydrogen-bond acceptors (Lipinski definition) is 4. The minimum atomic E-state index is -3.69. The summed E-state index contributed by atoms with van der Waals surface area (Å²) >= 11 is 0. The monoisotopic (exact) mass is 482 g/mol. The Morgan fingerprint density at radius 1 is 1.09 bits per heavy atom. The molecule has 1 unspecified atom stereocenters. The van der Waals surface area contributed by atoms with Crippen LogP contribution in [0.2, 0.25) is 0 Å². The molecule has 8 nitrogen and oxygen atoms in total. The van der Waals surface area contributed by atoms with Crippen molar-refractivity contribution in [3.63, 3.8) is 0 Å². The van der Waals surface area contributed by atoms with E-state index in [0.29, 0.717) is 42.8 Å². The largest absolute Gasteiger partial charge is 0.361 e. The minimum Gasteiger partial charge on any atom is -0.361 e. The number of fused-ring (bicyclic) bond motifs is 1. The topological polar surface area (TPSA) is 111 Å². The second-order valence-corrected chi connectivity index (χ2v) is 10.6. The number of benzene rings is 2. The van der Waals surface area contributed by atoms with Crippen LogP contribution in [0.5, 0.6) is 0 Å². The first-order chi connectivity index (χ1) is 16.3. The van der Waals surface area contributed by atoms with Crippen molar-refractivity contribution >= 4 is 32.7 Å². The van der Waals surface area contributed by atoms with E-state index >= 15 is 0 Å². The van der Waals surface area contributed by atoms with Crippen LogP contribution in [0.15, 0.2) is 53.6 Å². The van der Waals surface area contributed by atoms with Crippen LogP contribution in [0.1, 0.15) is 29.5 Å². The maximum Gasteiger partial charge on any atom is 0.309 e. The van der Waals surface area contributed by atoms with Crippen LogP contribution < -0.4 is 10.6 Å². The highest BCUT2D eigenvalue weighted by Crippen LogP contribution is 2.28. The molecule has 1 aliphatic rings. The normalized spacial score (nSPS) is 16.6. The lowest BCUT2D eigenvalue weighted by atomic mass is 10.1. The maximum absolute atomic E-state index is 13.3. The third kappa shape index (κ3) is 5.00. The average molecular weight is 483 g/mol. The fourth-order valence-corrected chi connectivity index (χ4v) is 6.47. The molecule has 0 saturated carbocycles. The van der Waals surface area contributed by atoms with E-state index < -0.39 is 21.8 Å². The summed E-state index contributed by atoms with van der Waals surface area (Å²) in [5.41, 5.74) is 3.65. The molecule has 3 aromatic rings. The SMILES string of the molecule is Cc1ccc(C)c(S(=O)(=O)N2CCCC2CNC(=O)C(=O)NCCc2c[nH]c3ccccc23)c1. The van der Waals surface area contributed by atoms with Gasteiger partial charge in [-0.15, -0.1) is 0 Å². The Bertz CT molecular complexity index is 1320. The lowest BCUT2D eigenvalue weighted by Gasteiger charge is -2.25. The number of carbonyl (C=O) groups excluding carboxylic acids is 2. The van der Waals surface area contributed by atoms with E-state index in [0.717, 1.165) is 22.0 Å². The molecule has 180 valence electrons. The van der Waals surface area contributed by atoms with Crippen LogP contribution >= 0.6 is 0 Å². The zero-order chi connectivity index (χ0) is 24.3. The van der Waals surface area contributed by atoms with Crippen LogP contribution in [0.3, 0.4) is 0 Å². The fourth-order valence-electron chi connectivity index (χ4n) is 4.46. The van der Waals surface area contributed by atoms with Gasteiger partial charge in [-0.1, -0.05) is 30.3 Å². The van der Waals surface area contributed by atoms with Crippen LogP contribution in [0, 0.1) is 13.8 Å². The summed E-state index contributed by atoms with van der Waals surface area (Å²) in [6.07, 6.45) is 3.84. The van der Waals surface area contributed by atoms with E-state index in [-0.39, 0.29) is 12.6 Å². The van der Waals surface area contributed by atoms with Gasteiger partial charge < -0.3 is 15.6 Å². The average Bonchev–Trinajstić information content (AvgIpc) is 3.46. The lowest BCUT2D eigenvalue weighted by molar-refractivity contribution is -0.139. The zero-order valence-electron chi connectivity index (χ0n) is 19.4. The number of para-hydroxylation sites is 1. The third-order valence-electron chi connectivity index (χ3n) is 6.31. The predicted molar refractivity (Wildman–Crippen MR) is 131 cm³/mol. The van der Waals surface area contributed by atoms with Crippen molar-refractivity contribution in [1.29, 1.82) is 0 Å². The number of nitrogens with zero attached hydrogens (tertiary/aromatic N) is 1. The third-order valence-corrected chi connectivity index (χ3v) is 8.41.